The Bertz CT molecular complexity index is 412. The molecule has 0 radical (unpaired) electrons. The Kier molecular flexibility index (Phi) is 3.30. The Morgan fingerprint density at radius 1 is 1.18 bits per heavy atom. The molecule has 0 atom stereocenters. The maximum Gasteiger partial charge on any atom is 0.427 e. The molecule has 0 fully saturated rings. The molecule has 0 aromatic heterocycles. The van der Waals surface area contributed by atoms with E-state index in [1.165, 1.54) is 0 Å². The van der Waals surface area contributed by atoms with Gasteiger partial charge >= 0.3 is 6.18 Å². The van der Waals surface area contributed by atoms with Crippen LogP contribution < -0.4 is 4.74 Å². The van der Waals surface area contributed by atoms with Gasteiger partial charge in [-0.2, -0.15) is 13.2 Å². The largest absolute Gasteiger partial charge is 0.478 e. The summed E-state index contributed by atoms with van der Waals surface area (Å²) in [5.41, 5.74) is -2.55. The van der Waals surface area contributed by atoms with Crippen LogP contribution in [0.2, 0.25) is 0 Å². The quantitative estimate of drug-likeness (QED) is 0.610. The summed E-state index contributed by atoms with van der Waals surface area (Å²) in [6.07, 6.45) is -4.52. The lowest BCUT2D eigenvalue weighted by molar-refractivity contribution is -0.384. The number of ether oxygens (including phenoxy) is 1. The van der Waals surface area contributed by atoms with Gasteiger partial charge in [-0.05, 0) is 26.0 Å². The van der Waals surface area contributed by atoms with Gasteiger partial charge in [-0.25, -0.2) is 0 Å². The zero-order valence-corrected chi connectivity index (χ0v) is 9.12. The summed E-state index contributed by atoms with van der Waals surface area (Å²) in [5, 5.41) is 10.3. The fraction of sp³-hybridized carbons (Fsp3) is 0.400. The minimum absolute atomic E-state index is 0.0714. The molecule has 0 heterocycles. The lowest BCUT2D eigenvalue weighted by Gasteiger charge is -2.28. The van der Waals surface area contributed by atoms with E-state index in [2.05, 4.69) is 0 Å². The Morgan fingerprint density at radius 2 is 1.65 bits per heavy atom. The van der Waals surface area contributed by atoms with E-state index < -0.39 is 16.7 Å². The number of rotatable bonds is 3. The maximum absolute atomic E-state index is 12.5. The average Bonchev–Trinajstić information content (AvgIpc) is 2.16. The van der Waals surface area contributed by atoms with Gasteiger partial charge in [-0.3, -0.25) is 10.1 Å². The van der Waals surface area contributed by atoms with Crippen LogP contribution in [0.3, 0.4) is 0 Å². The summed E-state index contributed by atoms with van der Waals surface area (Å²) < 4.78 is 42.2. The first-order chi connectivity index (χ1) is 7.63. The zero-order chi connectivity index (χ0) is 13.3. The average molecular weight is 249 g/mol. The third-order valence-electron chi connectivity index (χ3n) is 2.10. The molecule has 0 spiro atoms. The number of hydrogen-bond acceptors (Lipinski definition) is 3. The molecule has 1 aromatic carbocycles. The van der Waals surface area contributed by atoms with E-state index in [1.807, 2.05) is 0 Å². The van der Waals surface area contributed by atoms with Crippen LogP contribution in [0.5, 0.6) is 5.75 Å². The molecule has 0 N–H and O–H groups in total. The highest BCUT2D eigenvalue weighted by Crippen LogP contribution is 2.34. The normalized spacial score (nSPS) is 12.3. The molecule has 0 saturated heterocycles. The highest BCUT2D eigenvalue weighted by Gasteiger charge is 2.49. The van der Waals surface area contributed by atoms with E-state index in [9.17, 15) is 23.3 Å². The van der Waals surface area contributed by atoms with Gasteiger partial charge in [-0.1, -0.05) is 0 Å². The molecule has 0 unspecified atom stereocenters. The Hall–Kier alpha value is -1.79. The molecule has 0 aliphatic carbocycles. The van der Waals surface area contributed by atoms with Crippen molar-refractivity contribution < 1.29 is 22.8 Å². The maximum atomic E-state index is 12.5. The lowest BCUT2D eigenvalue weighted by Crippen LogP contribution is -2.44. The van der Waals surface area contributed by atoms with Crippen molar-refractivity contribution in [3.8, 4) is 5.75 Å². The highest BCUT2D eigenvalue weighted by atomic mass is 19.4. The van der Waals surface area contributed by atoms with Crippen LogP contribution in [0.1, 0.15) is 13.8 Å². The van der Waals surface area contributed by atoms with E-state index in [0.717, 1.165) is 38.1 Å². The molecule has 0 saturated carbocycles. The van der Waals surface area contributed by atoms with Crippen molar-refractivity contribution in [1.82, 2.24) is 0 Å². The number of non-ortho nitro benzene ring substituents is 1. The molecule has 7 heteroatoms. The number of benzene rings is 1. The van der Waals surface area contributed by atoms with Gasteiger partial charge in [0, 0.05) is 12.1 Å². The standard InChI is InChI=1S/C10H10F3NO3/c1-9(2,10(11,12)13)17-8-5-3-7(4-6-8)14(15)16/h3-6H,1-2H3. The van der Waals surface area contributed by atoms with Gasteiger partial charge in [0.25, 0.3) is 5.69 Å². The smallest absolute Gasteiger partial charge is 0.427 e. The van der Waals surface area contributed by atoms with E-state index in [0.29, 0.717) is 0 Å². The molecule has 4 nitrogen and oxygen atoms in total. The third kappa shape index (κ3) is 3.08. The monoisotopic (exact) mass is 249 g/mol. The van der Waals surface area contributed by atoms with Gasteiger partial charge in [-0.15, -0.1) is 0 Å². The second kappa shape index (κ2) is 4.23. The number of nitro benzene ring substituents is 1. The molecule has 17 heavy (non-hydrogen) atoms. The van der Waals surface area contributed by atoms with Crippen molar-refractivity contribution in [1.29, 1.82) is 0 Å². The van der Waals surface area contributed by atoms with Gasteiger partial charge in [0.2, 0.25) is 0 Å². The molecule has 0 aliphatic heterocycles. The highest BCUT2D eigenvalue weighted by molar-refractivity contribution is 5.36. The third-order valence-corrected chi connectivity index (χ3v) is 2.10. The van der Waals surface area contributed by atoms with Crippen molar-refractivity contribution in [2.24, 2.45) is 0 Å². The second-order valence-corrected chi connectivity index (χ2v) is 3.86. The lowest BCUT2D eigenvalue weighted by atomic mass is 10.1. The minimum Gasteiger partial charge on any atom is -0.478 e. The SMILES string of the molecule is CC(C)(Oc1ccc([N+](=O)[O-])cc1)C(F)(F)F. The summed E-state index contributed by atoms with van der Waals surface area (Å²) in [5.74, 6) is -0.0714. The fourth-order valence-corrected chi connectivity index (χ4v) is 0.988. The first-order valence-electron chi connectivity index (χ1n) is 4.64. The number of nitrogens with zero attached hydrogens (tertiary/aromatic N) is 1. The van der Waals surface area contributed by atoms with Crippen LogP contribution in [0.15, 0.2) is 24.3 Å². The molecular formula is C10H10F3NO3. The first kappa shape index (κ1) is 13.3. The topological polar surface area (TPSA) is 52.4 Å². The molecular weight excluding hydrogens is 239 g/mol. The number of alkyl halides is 3. The summed E-state index contributed by atoms with van der Waals surface area (Å²) in [4.78, 5) is 9.70. The van der Waals surface area contributed by atoms with Crippen molar-refractivity contribution in [2.45, 2.75) is 25.6 Å². The van der Waals surface area contributed by atoms with Crippen molar-refractivity contribution in [3.63, 3.8) is 0 Å². The predicted molar refractivity (Wildman–Crippen MR) is 53.9 cm³/mol. The Labute approximate surface area is 95.2 Å². The van der Waals surface area contributed by atoms with Crippen LogP contribution in [0, 0.1) is 10.1 Å². The van der Waals surface area contributed by atoms with Crippen molar-refractivity contribution in [2.75, 3.05) is 0 Å². The van der Waals surface area contributed by atoms with Crippen LogP contribution in [-0.2, 0) is 0 Å². The predicted octanol–water partition coefficient (Wildman–Crippen LogP) is 3.31. The molecule has 0 amide bonds. The van der Waals surface area contributed by atoms with Gasteiger partial charge in [0.15, 0.2) is 5.60 Å². The number of hydrogen-bond donors (Lipinski definition) is 0. The van der Waals surface area contributed by atoms with Crippen LogP contribution in [0.4, 0.5) is 18.9 Å². The first-order valence-corrected chi connectivity index (χ1v) is 4.64. The van der Waals surface area contributed by atoms with Crippen molar-refractivity contribution in [3.05, 3.63) is 34.4 Å². The van der Waals surface area contributed by atoms with E-state index in [4.69, 9.17) is 4.74 Å². The Balaban J connectivity index is 2.86. The Morgan fingerprint density at radius 3 is 2.00 bits per heavy atom. The molecule has 1 rings (SSSR count). The van der Waals surface area contributed by atoms with Crippen LogP contribution in [-0.4, -0.2) is 16.7 Å². The van der Waals surface area contributed by atoms with Gasteiger partial charge < -0.3 is 4.74 Å². The van der Waals surface area contributed by atoms with Gasteiger partial charge in [0.05, 0.1) is 4.92 Å². The minimum atomic E-state index is -4.52. The molecule has 0 aliphatic rings. The molecule has 0 bridgehead atoms. The van der Waals surface area contributed by atoms with Gasteiger partial charge in [0.1, 0.15) is 5.75 Å². The summed E-state index contributed by atoms with van der Waals surface area (Å²) >= 11 is 0. The van der Waals surface area contributed by atoms with Crippen LogP contribution >= 0.6 is 0 Å². The number of nitro groups is 1. The number of halogens is 3. The summed E-state index contributed by atoms with van der Waals surface area (Å²) in [6.45, 7) is 1.77. The van der Waals surface area contributed by atoms with E-state index in [-0.39, 0.29) is 11.4 Å². The fourth-order valence-electron chi connectivity index (χ4n) is 0.988. The van der Waals surface area contributed by atoms with Crippen molar-refractivity contribution >= 4 is 5.69 Å². The van der Waals surface area contributed by atoms with E-state index in [1.54, 1.807) is 0 Å². The zero-order valence-electron chi connectivity index (χ0n) is 9.12. The summed E-state index contributed by atoms with van der Waals surface area (Å²) in [7, 11) is 0. The van der Waals surface area contributed by atoms with Crippen LogP contribution in [0.25, 0.3) is 0 Å². The van der Waals surface area contributed by atoms with E-state index >= 15 is 0 Å². The second-order valence-electron chi connectivity index (χ2n) is 3.86. The molecule has 94 valence electrons. The molecule has 1 aromatic rings. The summed E-state index contributed by atoms with van der Waals surface area (Å²) in [6, 6.07) is 4.43.